The molecule has 0 saturated carbocycles. The summed E-state index contributed by atoms with van der Waals surface area (Å²) in [6, 6.07) is 15.8. The second-order valence-electron chi connectivity index (χ2n) is 7.21. The van der Waals surface area contributed by atoms with Crippen LogP contribution in [0.15, 0.2) is 65.6 Å². The zero-order valence-electron chi connectivity index (χ0n) is 17.1. The van der Waals surface area contributed by atoms with E-state index in [9.17, 15) is 23.6 Å². The van der Waals surface area contributed by atoms with E-state index in [-0.39, 0.29) is 22.0 Å². The van der Waals surface area contributed by atoms with Crippen LogP contribution in [-0.4, -0.2) is 25.0 Å². The van der Waals surface area contributed by atoms with Gasteiger partial charge in [0, 0.05) is 12.6 Å². The molecule has 0 saturated heterocycles. The summed E-state index contributed by atoms with van der Waals surface area (Å²) in [6.45, 7) is 4.06. The molecular weight excluding hydrogens is 418 g/mol. The highest BCUT2D eigenvalue weighted by Gasteiger charge is 2.22. The highest BCUT2D eigenvalue weighted by atomic mass is 32.2. The summed E-state index contributed by atoms with van der Waals surface area (Å²) in [4.78, 5) is 10.7. The largest absolute Gasteiger partial charge is 0.508 e. The lowest BCUT2D eigenvalue weighted by atomic mass is 10.1. The summed E-state index contributed by atoms with van der Waals surface area (Å²) < 4.78 is 28.0. The molecule has 0 aliphatic heterocycles. The molecule has 3 rings (SSSR count). The number of rotatable bonds is 8. The molecule has 3 aromatic carbocycles. The van der Waals surface area contributed by atoms with Gasteiger partial charge in [-0.05, 0) is 61.7 Å². The van der Waals surface area contributed by atoms with E-state index in [1.807, 2.05) is 19.1 Å². The molecule has 8 nitrogen and oxygen atoms in total. The van der Waals surface area contributed by atoms with Gasteiger partial charge in [0.15, 0.2) is 0 Å². The number of phenols is 1. The Kier molecular flexibility index (Phi) is 6.45. The Morgan fingerprint density at radius 1 is 1.00 bits per heavy atom. The number of anilines is 2. The molecule has 0 aliphatic rings. The van der Waals surface area contributed by atoms with Gasteiger partial charge < -0.3 is 10.4 Å². The van der Waals surface area contributed by atoms with Crippen LogP contribution >= 0.6 is 0 Å². The van der Waals surface area contributed by atoms with Crippen LogP contribution in [0.2, 0.25) is 0 Å². The van der Waals surface area contributed by atoms with Gasteiger partial charge in [-0.3, -0.25) is 14.8 Å². The molecule has 0 spiro atoms. The van der Waals surface area contributed by atoms with E-state index in [2.05, 4.69) is 10.0 Å². The van der Waals surface area contributed by atoms with Crippen LogP contribution in [0.1, 0.15) is 16.7 Å². The third-order valence-electron chi connectivity index (χ3n) is 4.74. The number of hydrogen-bond acceptors (Lipinski definition) is 6. The number of nitro groups is 1. The highest BCUT2D eigenvalue weighted by Crippen LogP contribution is 2.29. The van der Waals surface area contributed by atoms with Crippen LogP contribution in [0.4, 0.5) is 17.1 Å². The predicted octanol–water partition coefficient (Wildman–Crippen LogP) is 4.37. The fraction of sp³-hybridized carbons (Fsp3) is 0.182. The molecule has 3 aromatic rings. The quantitative estimate of drug-likeness (QED) is 0.352. The molecule has 0 unspecified atom stereocenters. The number of aryl methyl sites for hydroxylation is 2. The van der Waals surface area contributed by atoms with E-state index in [1.54, 1.807) is 37.3 Å². The second kappa shape index (κ2) is 9.05. The van der Waals surface area contributed by atoms with Crippen molar-refractivity contribution >= 4 is 27.1 Å². The average Bonchev–Trinajstić information content (AvgIpc) is 2.70. The fourth-order valence-electron chi connectivity index (χ4n) is 3.16. The minimum Gasteiger partial charge on any atom is -0.508 e. The summed E-state index contributed by atoms with van der Waals surface area (Å²) >= 11 is 0. The Morgan fingerprint density at radius 2 is 1.74 bits per heavy atom. The van der Waals surface area contributed by atoms with Gasteiger partial charge in [0.2, 0.25) is 0 Å². The van der Waals surface area contributed by atoms with Crippen LogP contribution < -0.4 is 10.0 Å². The van der Waals surface area contributed by atoms with Gasteiger partial charge in [0.1, 0.15) is 11.4 Å². The van der Waals surface area contributed by atoms with Gasteiger partial charge in [0.25, 0.3) is 15.7 Å². The van der Waals surface area contributed by atoms with E-state index in [1.165, 1.54) is 12.1 Å². The SMILES string of the molecule is Cc1ccc(NS(=O)(=O)c2ccc(NCCc3cccc(O)c3)c([N+](=O)[O-])c2)c(C)c1. The molecule has 0 amide bonds. The van der Waals surface area contributed by atoms with Crippen molar-refractivity contribution in [3.63, 3.8) is 0 Å². The van der Waals surface area contributed by atoms with Crippen molar-refractivity contribution in [3.8, 4) is 5.75 Å². The molecule has 0 bridgehead atoms. The number of phenolic OH excluding ortho intramolecular Hbond substituents is 1. The maximum atomic E-state index is 12.8. The molecule has 3 N–H and O–H groups in total. The summed E-state index contributed by atoms with van der Waals surface area (Å²) in [5.41, 5.74) is 2.92. The fourth-order valence-corrected chi connectivity index (χ4v) is 4.31. The molecule has 0 fully saturated rings. The molecule has 9 heteroatoms. The van der Waals surface area contributed by atoms with Crippen molar-refractivity contribution < 1.29 is 18.4 Å². The molecule has 0 radical (unpaired) electrons. The Hall–Kier alpha value is -3.59. The van der Waals surface area contributed by atoms with Crippen LogP contribution in [0, 0.1) is 24.0 Å². The number of nitro benzene ring substituents is 1. The first-order valence-corrected chi connectivity index (χ1v) is 11.0. The van der Waals surface area contributed by atoms with E-state index < -0.39 is 14.9 Å². The first-order valence-electron chi connectivity index (χ1n) is 9.56. The number of nitrogens with zero attached hydrogens (tertiary/aromatic N) is 1. The summed E-state index contributed by atoms with van der Waals surface area (Å²) in [6.07, 6.45) is 0.528. The average molecular weight is 442 g/mol. The van der Waals surface area contributed by atoms with Gasteiger partial charge in [-0.25, -0.2) is 8.42 Å². The minimum absolute atomic E-state index is 0.148. The third-order valence-corrected chi connectivity index (χ3v) is 6.11. The van der Waals surface area contributed by atoms with E-state index in [0.29, 0.717) is 18.7 Å². The monoisotopic (exact) mass is 441 g/mol. The van der Waals surface area contributed by atoms with Crippen LogP contribution in [0.5, 0.6) is 5.75 Å². The Bertz CT molecular complexity index is 1230. The van der Waals surface area contributed by atoms with Crippen molar-refractivity contribution in [2.75, 3.05) is 16.6 Å². The lowest BCUT2D eigenvalue weighted by Gasteiger charge is -2.12. The third kappa shape index (κ3) is 5.52. The van der Waals surface area contributed by atoms with Gasteiger partial charge in [-0.1, -0.05) is 29.8 Å². The summed E-state index contributed by atoms with van der Waals surface area (Å²) in [5, 5.41) is 24.0. The number of sulfonamides is 1. The smallest absolute Gasteiger partial charge is 0.293 e. The number of hydrogen-bond donors (Lipinski definition) is 3. The molecule has 31 heavy (non-hydrogen) atoms. The Morgan fingerprint density at radius 3 is 2.42 bits per heavy atom. The van der Waals surface area contributed by atoms with E-state index in [0.717, 1.165) is 22.8 Å². The van der Waals surface area contributed by atoms with Crippen LogP contribution in [-0.2, 0) is 16.4 Å². The van der Waals surface area contributed by atoms with Gasteiger partial charge in [-0.2, -0.15) is 0 Å². The standard InChI is InChI=1S/C22H23N3O5S/c1-15-6-8-20(16(2)12-15)24-31(29,30)19-7-9-21(22(14-19)25(27)28)23-11-10-17-4-3-5-18(26)13-17/h3-9,12-14,23-24,26H,10-11H2,1-2H3. The molecule has 0 heterocycles. The van der Waals surface area contributed by atoms with Gasteiger partial charge >= 0.3 is 0 Å². The van der Waals surface area contributed by atoms with Crippen molar-refractivity contribution in [3.05, 3.63) is 87.5 Å². The molecule has 162 valence electrons. The van der Waals surface area contributed by atoms with E-state index >= 15 is 0 Å². The number of nitrogens with one attached hydrogen (secondary N) is 2. The van der Waals surface area contributed by atoms with Crippen molar-refractivity contribution in [1.82, 2.24) is 0 Å². The van der Waals surface area contributed by atoms with Crippen molar-refractivity contribution in [1.29, 1.82) is 0 Å². The topological polar surface area (TPSA) is 122 Å². The molecule has 0 aromatic heterocycles. The first-order chi connectivity index (χ1) is 14.7. The summed E-state index contributed by atoms with van der Waals surface area (Å²) in [7, 11) is -4.00. The summed E-state index contributed by atoms with van der Waals surface area (Å²) in [5.74, 6) is 0.148. The van der Waals surface area contributed by atoms with Gasteiger partial charge in [-0.15, -0.1) is 0 Å². The number of benzene rings is 3. The zero-order valence-corrected chi connectivity index (χ0v) is 17.9. The normalized spacial score (nSPS) is 11.2. The van der Waals surface area contributed by atoms with E-state index in [4.69, 9.17) is 0 Å². The van der Waals surface area contributed by atoms with Crippen LogP contribution in [0.3, 0.4) is 0 Å². The van der Waals surface area contributed by atoms with Crippen molar-refractivity contribution in [2.24, 2.45) is 0 Å². The maximum absolute atomic E-state index is 12.8. The minimum atomic E-state index is -4.00. The Balaban J connectivity index is 1.79. The maximum Gasteiger partial charge on any atom is 0.293 e. The van der Waals surface area contributed by atoms with Crippen molar-refractivity contribution in [2.45, 2.75) is 25.2 Å². The molecule has 0 aliphatic carbocycles. The first kappa shape index (κ1) is 22.1. The Labute approximate surface area is 180 Å². The number of aromatic hydroxyl groups is 1. The van der Waals surface area contributed by atoms with Crippen LogP contribution in [0.25, 0.3) is 0 Å². The molecular formula is C22H23N3O5S. The van der Waals surface area contributed by atoms with Gasteiger partial charge in [0.05, 0.1) is 15.5 Å². The lowest BCUT2D eigenvalue weighted by molar-refractivity contribution is -0.384. The lowest BCUT2D eigenvalue weighted by Crippen LogP contribution is -2.15. The zero-order chi connectivity index (χ0) is 22.6. The second-order valence-corrected chi connectivity index (χ2v) is 8.89. The predicted molar refractivity (Wildman–Crippen MR) is 120 cm³/mol. The molecule has 0 atom stereocenters. The highest BCUT2D eigenvalue weighted by molar-refractivity contribution is 7.92.